The third-order valence-corrected chi connectivity index (χ3v) is 5.13. The molecule has 1 aliphatic heterocycles. The Bertz CT molecular complexity index is 896. The molecule has 1 amide bonds. The number of rotatable bonds is 6. The van der Waals surface area contributed by atoms with Gasteiger partial charge >= 0.3 is 0 Å². The van der Waals surface area contributed by atoms with Crippen LogP contribution in [0, 0.1) is 10.1 Å². The molecule has 28 heavy (non-hydrogen) atoms. The van der Waals surface area contributed by atoms with Gasteiger partial charge in [0.25, 0.3) is 11.6 Å². The predicted octanol–water partition coefficient (Wildman–Crippen LogP) is 2.30. The molecule has 146 valence electrons. The summed E-state index contributed by atoms with van der Waals surface area (Å²) in [5.74, 6) is 0.133. The van der Waals surface area contributed by atoms with Gasteiger partial charge in [-0.2, -0.15) is 0 Å². The second-order valence-corrected chi connectivity index (χ2v) is 6.81. The van der Waals surface area contributed by atoms with Gasteiger partial charge in [-0.1, -0.05) is 30.3 Å². The maximum atomic E-state index is 12.7. The Kier molecular flexibility index (Phi) is 6.06. The zero-order valence-electron chi connectivity index (χ0n) is 16.0. The number of anilines is 1. The van der Waals surface area contributed by atoms with Crippen molar-refractivity contribution in [2.24, 2.45) is 0 Å². The normalized spacial score (nSPS) is 17.4. The predicted molar refractivity (Wildman–Crippen MR) is 107 cm³/mol. The fourth-order valence-electron chi connectivity index (χ4n) is 3.38. The Balaban J connectivity index is 1.66. The average Bonchev–Trinajstić information content (AvgIpc) is 2.74. The van der Waals surface area contributed by atoms with Crippen LogP contribution in [0.5, 0.6) is 5.75 Å². The standard InChI is InChI=1S/C21H23N3O4/c1-15(23-12-10-17(11-13-23)16-6-4-3-5-7-16)21(25)22-19-9-8-18(24(26)27)14-20(19)28-2/h3-10,14-15H,11-13H2,1-2H3,(H,22,25)/p+1/t15-/m0/s1. The minimum atomic E-state index is -0.495. The first kappa shape index (κ1) is 19.6. The SMILES string of the molecule is COc1cc([N+](=O)[O-])ccc1NC(=O)[C@H](C)[NH+]1CC=C(c2ccccc2)CC1. The first-order valence-electron chi connectivity index (χ1n) is 9.22. The van der Waals surface area contributed by atoms with Gasteiger partial charge in [-0.05, 0) is 30.2 Å². The number of methoxy groups -OCH3 is 1. The number of nitrogens with zero attached hydrogens (tertiary/aromatic N) is 1. The number of benzene rings is 2. The van der Waals surface area contributed by atoms with Gasteiger partial charge in [-0.15, -0.1) is 0 Å². The monoisotopic (exact) mass is 382 g/mol. The van der Waals surface area contributed by atoms with Crippen LogP contribution in [-0.4, -0.2) is 37.1 Å². The molecule has 2 atom stereocenters. The summed E-state index contributed by atoms with van der Waals surface area (Å²) in [5, 5.41) is 13.7. The van der Waals surface area contributed by atoms with Crippen LogP contribution < -0.4 is 15.0 Å². The number of amides is 1. The van der Waals surface area contributed by atoms with E-state index in [1.54, 1.807) is 0 Å². The average molecular weight is 382 g/mol. The Hall–Kier alpha value is -3.19. The fourth-order valence-corrected chi connectivity index (χ4v) is 3.38. The van der Waals surface area contributed by atoms with E-state index in [9.17, 15) is 14.9 Å². The summed E-state index contributed by atoms with van der Waals surface area (Å²) in [6.45, 7) is 3.53. The highest BCUT2D eigenvalue weighted by molar-refractivity contribution is 5.95. The molecule has 0 aromatic heterocycles. The Labute approximate surface area is 163 Å². The van der Waals surface area contributed by atoms with E-state index in [0.717, 1.165) is 19.5 Å². The molecular weight excluding hydrogens is 358 g/mol. The lowest BCUT2D eigenvalue weighted by molar-refractivity contribution is -0.909. The Morgan fingerprint density at radius 2 is 2.00 bits per heavy atom. The van der Waals surface area contributed by atoms with E-state index in [2.05, 4.69) is 23.5 Å². The second kappa shape index (κ2) is 8.67. The van der Waals surface area contributed by atoms with Crippen molar-refractivity contribution in [3.8, 4) is 5.75 Å². The van der Waals surface area contributed by atoms with Crippen molar-refractivity contribution in [1.29, 1.82) is 0 Å². The minimum Gasteiger partial charge on any atom is -0.494 e. The number of carbonyl (C=O) groups excluding carboxylic acids is 1. The highest BCUT2D eigenvalue weighted by Crippen LogP contribution is 2.29. The van der Waals surface area contributed by atoms with Crippen LogP contribution in [0.25, 0.3) is 5.57 Å². The molecule has 7 heteroatoms. The topological polar surface area (TPSA) is 85.9 Å². The zero-order chi connectivity index (χ0) is 20.1. The van der Waals surface area contributed by atoms with E-state index >= 15 is 0 Å². The van der Waals surface area contributed by atoms with E-state index in [4.69, 9.17) is 4.74 Å². The maximum Gasteiger partial charge on any atom is 0.282 e. The van der Waals surface area contributed by atoms with Gasteiger partial charge in [0.1, 0.15) is 5.75 Å². The van der Waals surface area contributed by atoms with E-state index < -0.39 is 4.92 Å². The smallest absolute Gasteiger partial charge is 0.282 e. The van der Waals surface area contributed by atoms with Crippen LogP contribution >= 0.6 is 0 Å². The van der Waals surface area contributed by atoms with Crippen molar-refractivity contribution in [3.05, 3.63) is 70.3 Å². The van der Waals surface area contributed by atoms with E-state index in [-0.39, 0.29) is 23.4 Å². The Morgan fingerprint density at radius 3 is 2.61 bits per heavy atom. The number of nitrogens with one attached hydrogen (secondary N) is 2. The lowest BCUT2D eigenvalue weighted by Crippen LogP contribution is -3.17. The number of ether oxygens (including phenoxy) is 1. The highest BCUT2D eigenvalue weighted by atomic mass is 16.6. The van der Waals surface area contributed by atoms with Crippen molar-refractivity contribution < 1.29 is 19.4 Å². The third-order valence-electron chi connectivity index (χ3n) is 5.13. The summed E-state index contributed by atoms with van der Waals surface area (Å²) in [6, 6.07) is 14.2. The lowest BCUT2D eigenvalue weighted by Gasteiger charge is -2.28. The summed E-state index contributed by atoms with van der Waals surface area (Å²) in [6.07, 6.45) is 3.11. The molecule has 0 saturated carbocycles. The highest BCUT2D eigenvalue weighted by Gasteiger charge is 2.28. The van der Waals surface area contributed by atoms with Gasteiger partial charge in [0.2, 0.25) is 0 Å². The molecule has 3 rings (SSSR count). The molecule has 1 heterocycles. The van der Waals surface area contributed by atoms with Gasteiger partial charge < -0.3 is 15.0 Å². The first-order chi connectivity index (χ1) is 13.5. The van der Waals surface area contributed by atoms with Crippen molar-refractivity contribution in [2.75, 3.05) is 25.5 Å². The maximum absolute atomic E-state index is 12.7. The minimum absolute atomic E-state index is 0.0804. The number of quaternary nitrogens is 1. The quantitative estimate of drug-likeness (QED) is 0.593. The number of nitro groups is 1. The molecular formula is C21H24N3O4+. The summed E-state index contributed by atoms with van der Waals surface area (Å²) < 4.78 is 5.19. The number of non-ortho nitro benzene ring substituents is 1. The number of nitro benzene ring substituents is 1. The van der Waals surface area contributed by atoms with Gasteiger partial charge in [-0.25, -0.2) is 0 Å². The van der Waals surface area contributed by atoms with E-state index in [0.29, 0.717) is 5.69 Å². The molecule has 7 nitrogen and oxygen atoms in total. The Morgan fingerprint density at radius 1 is 1.25 bits per heavy atom. The molecule has 2 aromatic carbocycles. The largest absolute Gasteiger partial charge is 0.494 e. The summed E-state index contributed by atoms with van der Waals surface area (Å²) in [4.78, 5) is 24.3. The van der Waals surface area contributed by atoms with Crippen LogP contribution in [0.2, 0.25) is 0 Å². The van der Waals surface area contributed by atoms with Crippen molar-refractivity contribution >= 4 is 22.9 Å². The summed E-state index contributed by atoms with van der Waals surface area (Å²) in [7, 11) is 1.42. The van der Waals surface area contributed by atoms with Crippen LogP contribution in [0.4, 0.5) is 11.4 Å². The van der Waals surface area contributed by atoms with E-state index in [1.165, 1.54) is 41.3 Å². The van der Waals surface area contributed by atoms with Gasteiger partial charge in [0.15, 0.2) is 6.04 Å². The molecule has 0 radical (unpaired) electrons. The van der Waals surface area contributed by atoms with Gasteiger partial charge in [0.05, 0.1) is 36.9 Å². The molecule has 0 aliphatic carbocycles. The molecule has 0 fully saturated rings. The van der Waals surface area contributed by atoms with Gasteiger partial charge in [0, 0.05) is 12.5 Å². The number of carbonyl (C=O) groups is 1. The summed E-state index contributed by atoms with van der Waals surface area (Å²) >= 11 is 0. The van der Waals surface area contributed by atoms with Crippen LogP contribution in [0.15, 0.2) is 54.6 Å². The lowest BCUT2D eigenvalue weighted by atomic mass is 9.99. The molecule has 2 aromatic rings. The van der Waals surface area contributed by atoms with E-state index in [1.807, 2.05) is 25.1 Å². The first-order valence-corrected chi connectivity index (χ1v) is 9.22. The molecule has 1 aliphatic rings. The summed E-state index contributed by atoms with van der Waals surface area (Å²) in [5.41, 5.74) is 2.90. The molecule has 1 unspecified atom stereocenters. The number of hydrogen-bond donors (Lipinski definition) is 2. The van der Waals surface area contributed by atoms with Crippen molar-refractivity contribution in [1.82, 2.24) is 0 Å². The molecule has 2 N–H and O–H groups in total. The fraction of sp³-hybridized carbons (Fsp3) is 0.286. The van der Waals surface area contributed by atoms with Crippen LogP contribution in [0.1, 0.15) is 18.9 Å². The molecule has 0 bridgehead atoms. The second-order valence-electron chi connectivity index (χ2n) is 6.81. The third kappa shape index (κ3) is 4.37. The molecule has 0 spiro atoms. The van der Waals surface area contributed by atoms with Crippen LogP contribution in [-0.2, 0) is 4.79 Å². The van der Waals surface area contributed by atoms with Gasteiger partial charge in [-0.3, -0.25) is 14.9 Å². The molecule has 0 saturated heterocycles. The van der Waals surface area contributed by atoms with Crippen molar-refractivity contribution in [3.63, 3.8) is 0 Å². The zero-order valence-corrected chi connectivity index (χ0v) is 16.0. The van der Waals surface area contributed by atoms with Crippen LogP contribution in [0.3, 0.4) is 0 Å². The van der Waals surface area contributed by atoms with Crippen molar-refractivity contribution in [2.45, 2.75) is 19.4 Å². The number of hydrogen-bond acceptors (Lipinski definition) is 4.